The molecule has 0 aromatic heterocycles. The highest BCUT2D eigenvalue weighted by Gasteiger charge is 2.15. The Balaban J connectivity index is 1.59. The molecule has 0 aliphatic heterocycles. The quantitative estimate of drug-likeness (QED) is 0.777. The molecule has 0 saturated heterocycles. The highest BCUT2D eigenvalue weighted by molar-refractivity contribution is 9.10. The van der Waals surface area contributed by atoms with Crippen LogP contribution in [0.2, 0.25) is 0 Å². The highest BCUT2D eigenvalue weighted by atomic mass is 79.9. The van der Waals surface area contributed by atoms with Crippen LogP contribution in [-0.2, 0) is 4.79 Å². The number of nitrogens with one attached hydrogen (secondary N) is 1. The molecule has 1 aliphatic carbocycles. The summed E-state index contributed by atoms with van der Waals surface area (Å²) in [7, 11) is 0. The van der Waals surface area contributed by atoms with Gasteiger partial charge in [0.2, 0.25) is 0 Å². The molecular weight excluding hydrogens is 354 g/mol. The van der Waals surface area contributed by atoms with Gasteiger partial charge in [0.05, 0.1) is 4.47 Å². The van der Waals surface area contributed by atoms with E-state index in [0.29, 0.717) is 11.8 Å². The van der Waals surface area contributed by atoms with Crippen molar-refractivity contribution in [2.75, 3.05) is 6.61 Å². The van der Waals surface area contributed by atoms with Crippen molar-refractivity contribution in [3.05, 3.63) is 40.9 Å². The SMILES string of the molecule is O=C(COc1ccc2ccccc2c1Br)NC1CCCCCC1. The maximum atomic E-state index is 12.1. The average Bonchev–Trinajstić information content (AvgIpc) is 2.83. The van der Waals surface area contributed by atoms with Crippen molar-refractivity contribution >= 4 is 32.6 Å². The molecule has 3 nitrogen and oxygen atoms in total. The van der Waals surface area contributed by atoms with Gasteiger partial charge in [0.1, 0.15) is 5.75 Å². The fourth-order valence-corrected chi connectivity index (χ4v) is 3.77. The zero-order valence-electron chi connectivity index (χ0n) is 13.2. The molecule has 122 valence electrons. The Morgan fingerprint density at radius 3 is 2.61 bits per heavy atom. The van der Waals surface area contributed by atoms with E-state index < -0.39 is 0 Å². The van der Waals surface area contributed by atoms with E-state index in [4.69, 9.17) is 4.74 Å². The van der Waals surface area contributed by atoms with Crippen molar-refractivity contribution in [3.63, 3.8) is 0 Å². The number of amides is 1. The lowest BCUT2D eigenvalue weighted by molar-refractivity contribution is -0.123. The first-order valence-electron chi connectivity index (χ1n) is 8.33. The molecule has 1 fully saturated rings. The van der Waals surface area contributed by atoms with Gasteiger partial charge in [-0.1, -0.05) is 56.0 Å². The monoisotopic (exact) mass is 375 g/mol. The predicted octanol–water partition coefficient (Wildman–Crippen LogP) is 4.82. The summed E-state index contributed by atoms with van der Waals surface area (Å²) < 4.78 is 6.62. The van der Waals surface area contributed by atoms with Crippen LogP contribution in [0.3, 0.4) is 0 Å². The van der Waals surface area contributed by atoms with E-state index in [1.165, 1.54) is 25.7 Å². The summed E-state index contributed by atoms with van der Waals surface area (Å²) in [4.78, 5) is 12.1. The second-order valence-electron chi connectivity index (χ2n) is 6.14. The summed E-state index contributed by atoms with van der Waals surface area (Å²) in [6, 6.07) is 12.3. The minimum Gasteiger partial charge on any atom is -0.483 e. The zero-order chi connectivity index (χ0) is 16.1. The van der Waals surface area contributed by atoms with Gasteiger partial charge in [-0.05, 0) is 45.6 Å². The van der Waals surface area contributed by atoms with E-state index >= 15 is 0 Å². The zero-order valence-corrected chi connectivity index (χ0v) is 14.8. The summed E-state index contributed by atoms with van der Waals surface area (Å²) >= 11 is 3.58. The molecular formula is C19H22BrNO2. The van der Waals surface area contributed by atoms with Crippen molar-refractivity contribution in [1.29, 1.82) is 0 Å². The maximum Gasteiger partial charge on any atom is 0.258 e. The van der Waals surface area contributed by atoms with Crippen LogP contribution in [0.4, 0.5) is 0 Å². The van der Waals surface area contributed by atoms with E-state index in [1.807, 2.05) is 30.3 Å². The molecule has 3 rings (SSSR count). The molecule has 1 amide bonds. The number of fused-ring (bicyclic) bond motifs is 1. The van der Waals surface area contributed by atoms with Crippen molar-refractivity contribution in [2.24, 2.45) is 0 Å². The topological polar surface area (TPSA) is 38.3 Å². The van der Waals surface area contributed by atoms with Crippen LogP contribution in [0.5, 0.6) is 5.75 Å². The maximum absolute atomic E-state index is 12.1. The summed E-state index contributed by atoms with van der Waals surface area (Å²) in [6.07, 6.45) is 7.17. The predicted molar refractivity (Wildman–Crippen MR) is 96.8 cm³/mol. The summed E-state index contributed by atoms with van der Waals surface area (Å²) in [5.41, 5.74) is 0. The lowest BCUT2D eigenvalue weighted by Gasteiger charge is -2.17. The molecule has 0 unspecified atom stereocenters. The van der Waals surface area contributed by atoms with Crippen molar-refractivity contribution in [2.45, 2.75) is 44.6 Å². The fourth-order valence-electron chi connectivity index (χ4n) is 3.16. The number of rotatable bonds is 4. The van der Waals surface area contributed by atoms with Gasteiger partial charge in [-0.2, -0.15) is 0 Å². The minimum atomic E-state index is -0.0306. The number of benzene rings is 2. The number of ether oxygens (including phenoxy) is 1. The van der Waals surface area contributed by atoms with Gasteiger partial charge in [0.15, 0.2) is 6.61 Å². The highest BCUT2D eigenvalue weighted by Crippen LogP contribution is 2.32. The largest absolute Gasteiger partial charge is 0.483 e. The fraction of sp³-hybridized carbons (Fsp3) is 0.421. The summed E-state index contributed by atoms with van der Waals surface area (Å²) in [5.74, 6) is 0.677. The Morgan fingerprint density at radius 2 is 1.83 bits per heavy atom. The molecule has 23 heavy (non-hydrogen) atoms. The number of carbonyl (C=O) groups is 1. The van der Waals surface area contributed by atoms with Gasteiger partial charge in [0.25, 0.3) is 5.91 Å². The lowest BCUT2D eigenvalue weighted by Crippen LogP contribution is -2.37. The molecule has 2 aromatic rings. The third-order valence-corrected chi connectivity index (χ3v) is 5.22. The van der Waals surface area contributed by atoms with Crippen LogP contribution in [0, 0.1) is 0 Å². The Labute approximate surface area is 145 Å². The molecule has 1 saturated carbocycles. The third kappa shape index (κ3) is 4.25. The normalized spacial score (nSPS) is 16.0. The average molecular weight is 376 g/mol. The van der Waals surface area contributed by atoms with E-state index in [2.05, 4.69) is 27.3 Å². The van der Waals surface area contributed by atoms with Crippen LogP contribution in [0.1, 0.15) is 38.5 Å². The van der Waals surface area contributed by atoms with E-state index in [1.54, 1.807) is 0 Å². The second kappa shape index (κ2) is 7.82. The smallest absolute Gasteiger partial charge is 0.258 e. The first-order valence-corrected chi connectivity index (χ1v) is 9.13. The molecule has 2 aromatic carbocycles. The standard InChI is InChI=1S/C19H22BrNO2/c20-19-16-10-6-5-7-14(16)11-12-17(19)23-13-18(22)21-15-8-3-1-2-4-9-15/h5-7,10-12,15H,1-4,8-9,13H2,(H,21,22). The minimum absolute atomic E-state index is 0.0306. The van der Waals surface area contributed by atoms with Crippen molar-refractivity contribution in [1.82, 2.24) is 5.32 Å². The van der Waals surface area contributed by atoms with Crippen LogP contribution in [-0.4, -0.2) is 18.6 Å². The number of hydrogen-bond donors (Lipinski definition) is 1. The van der Waals surface area contributed by atoms with Crippen molar-refractivity contribution < 1.29 is 9.53 Å². The number of carbonyl (C=O) groups excluding carboxylic acids is 1. The molecule has 1 N–H and O–H groups in total. The number of hydrogen-bond acceptors (Lipinski definition) is 2. The first-order chi connectivity index (χ1) is 11.2. The van der Waals surface area contributed by atoms with Gasteiger partial charge < -0.3 is 10.1 Å². The Morgan fingerprint density at radius 1 is 1.09 bits per heavy atom. The van der Waals surface area contributed by atoms with Crippen LogP contribution in [0.15, 0.2) is 40.9 Å². The third-order valence-electron chi connectivity index (χ3n) is 4.41. The van der Waals surface area contributed by atoms with Gasteiger partial charge in [-0.3, -0.25) is 4.79 Å². The lowest BCUT2D eigenvalue weighted by atomic mass is 10.1. The van der Waals surface area contributed by atoms with Crippen LogP contribution in [0.25, 0.3) is 10.8 Å². The molecule has 0 atom stereocenters. The first kappa shape index (κ1) is 16.3. The number of halogens is 1. The molecule has 0 heterocycles. The Kier molecular flexibility index (Phi) is 5.55. The van der Waals surface area contributed by atoms with Crippen LogP contribution < -0.4 is 10.1 Å². The molecule has 0 radical (unpaired) electrons. The van der Waals surface area contributed by atoms with Gasteiger partial charge in [0, 0.05) is 6.04 Å². The van der Waals surface area contributed by atoms with Gasteiger partial charge in [-0.15, -0.1) is 0 Å². The Hall–Kier alpha value is -1.55. The molecule has 0 spiro atoms. The summed E-state index contributed by atoms with van der Waals surface area (Å²) in [5, 5.41) is 5.35. The van der Waals surface area contributed by atoms with Crippen molar-refractivity contribution in [3.8, 4) is 5.75 Å². The van der Waals surface area contributed by atoms with E-state index in [-0.39, 0.29) is 12.5 Å². The molecule has 1 aliphatic rings. The van der Waals surface area contributed by atoms with Gasteiger partial charge in [-0.25, -0.2) is 0 Å². The Bertz CT molecular complexity index is 678. The summed E-state index contributed by atoms with van der Waals surface area (Å²) in [6.45, 7) is 0.0629. The molecule has 0 bridgehead atoms. The van der Waals surface area contributed by atoms with Gasteiger partial charge >= 0.3 is 0 Å². The van der Waals surface area contributed by atoms with E-state index in [9.17, 15) is 4.79 Å². The van der Waals surface area contributed by atoms with Crippen LogP contribution >= 0.6 is 15.9 Å². The molecule has 4 heteroatoms. The van der Waals surface area contributed by atoms with E-state index in [0.717, 1.165) is 28.1 Å². The second-order valence-corrected chi connectivity index (χ2v) is 6.94.